The summed E-state index contributed by atoms with van der Waals surface area (Å²) in [5, 5.41) is 3.47. The van der Waals surface area contributed by atoms with Gasteiger partial charge in [0.15, 0.2) is 17.5 Å². The van der Waals surface area contributed by atoms with Gasteiger partial charge in [-0.1, -0.05) is 12.8 Å². The highest BCUT2D eigenvalue weighted by molar-refractivity contribution is 14.0. The van der Waals surface area contributed by atoms with Crippen molar-refractivity contribution in [2.75, 3.05) is 60.6 Å². The minimum atomic E-state index is 0. The Kier molecular flexibility index (Phi) is 11.0. The summed E-state index contributed by atoms with van der Waals surface area (Å²) in [5.41, 5.74) is 1.17. The summed E-state index contributed by atoms with van der Waals surface area (Å²) in [6.45, 7) is 8.82. The zero-order valence-electron chi connectivity index (χ0n) is 19.5. The molecule has 2 aliphatic rings. The lowest BCUT2D eigenvalue weighted by atomic mass is 10.1. The molecular weight excluding hydrogens is 507 g/mol. The van der Waals surface area contributed by atoms with Gasteiger partial charge in [-0.25, -0.2) is 0 Å². The average molecular weight is 546 g/mol. The summed E-state index contributed by atoms with van der Waals surface area (Å²) in [6.07, 6.45) is 5.40. The number of ether oxygens (including phenoxy) is 3. The van der Waals surface area contributed by atoms with Crippen molar-refractivity contribution in [3.8, 4) is 17.2 Å². The second-order valence-electron chi connectivity index (χ2n) is 8.12. The van der Waals surface area contributed by atoms with E-state index in [-0.39, 0.29) is 24.0 Å². The average Bonchev–Trinajstić information content (AvgIpc) is 3.60. The molecule has 0 amide bonds. The molecule has 3 rings (SSSR count). The minimum Gasteiger partial charge on any atom is -0.493 e. The fraction of sp³-hybridized carbons (Fsp3) is 0.696. The molecule has 176 valence electrons. The van der Waals surface area contributed by atoms with E-state index in [2.05, 4.69) is 22.0 Å². The molecule has 0 atom stereocenters. The molecular formula is C23H39IN4O3. The number of methoxy groups -OCH3 is 3. The first-order valence-electron chi connectivity index (χ1n) is 11.2. The van der Waals surface area contributed by atoms with Crippen LogP contribution in [0.15, 0.2) is 17.1 Å². The van der Waals surface area contributed by atoms with E-state index in [0.717, 1.165) is 57.7 Å². The summed E-state index contributed by atoms with van der Waals surface area (Å²) in [7, 11) is 4.95. The molecule has 0 aromatic heterocycles. The SMILES string of the molecule is CCNC(=NCCCC1CC1)N1CCN(Cc2cc(OC)c(OC)c(OC)c2)CC1.I. The lowest BCUT2D eigenvalue weighted by Crippen LogP contribution is -2.52. The van der Waals surface area contributed by atoms with E-state index >= 15 is 0 Å². The van der Waals surface area contributed by atoms with Crippen molar-refractivity contribution in [2.45, 2.75) is 39.2 Å². The van der Waals surface area contributed by atoms with Crippen LogP contribution >= 0.6 is 24.0 Å². The highest BCUT2D eigenvalue weighted by Crippen LogP contribution is 2.38. The van der Waals surface area contributed by atoms with Crippen LogP contribution in [-0.2, 0) is 6.54 Å². The molecule has 0 unspecified atom stereocenters. The van der Waals surface area contributed by atoms with Gasteiger partial charge in [0.2, 0.25) is 5.75 Å². The Balaban J connectivity index is 0.00000341. The van der Waals surface area contributed by atoms with Crippen LogP contribution in [0.5, 0.6) is 17.2 Å². The molecule has 8 heteroatoms. The normalized spacial score (nSPS) is 17.2. The van der Waals surface area contributed by atoms with E-state index in [1.165, 1.54) is 31.2 Å². The Labute approximate surface area is 204 Å². The first-order valence-corrected chi connectivity index (χ1v) is 11.2. The maximum Gasteiger partial charge on any atom is 0.203 e. The number of nitrogens with one attached hydrogen (secondary N) is 1. The van der Waals surface area contributed by atoms with E-state index in [1.807, 2.05) is 12.1 Å². The number of rotatable bonds is 10. The number of aliphatic imine (C=N–C) groups is 1. The molecule has 31 heavy (non-hydrogen) atoms. The fourth-order valence-corrected chi connectivity index (χ4v) is 4.00. The molecule has 1 N–H and O–H groups in total. The zero-order valence-corrected chi connectivity index (χ0v) is 21.8. The lowest BCUT2D eigenvalue weighted by molar-refractivity contribution is 0.172. The molecule has 0 bridgehead atoms. The van der Waals surface area contributed by atoms with Gasteiger partial charge in [-0.3, -0.25) is 9.89 Å². The Hall–Kier alpha value is -1.42. The third-order valence-corrected chi connectivity index (χ3v) is 5.87. The van der Waals surface area contributed by atoms with E-state index in [0.29, 0.717) is 17.2 Å². The molecule has 1 saturated carbocycles. The van der Waals surface area contributed by atoms with Gasteiger partial charge in [0, 0.05) is 45.8 Å². The number of benzene rings is 1. The Morgan fingerprint density at radius 2 is 1.68 bits per heavy atom. The van der Waals surface area contributed by atoms with Gasteiger partial charge >= 0.3 is 0 Å². The van der Waals surface area contributed by atoms with Gasteiger partial charge < -0.3 is 24.4 Å². The van der Waals surface area contributed by atoms with Crippen LogP contribution in [0.1, 0.15) is 38.2 Å². The lowest BCUT2D eigenvalue weighted by Gasteiger charge is -2.36. The smallest absolute Gasteiger partial charge is 0.203 e. The van der Waals surface area contributed by atoms with Gasteiger partial charge in [-0.2, -0.15) is 0 Å². The number of nitrogens with zero attached hydrogens (tertiary/aromatic N) is 3. The predicted octanol–water partition coefficient (Wildman–Crippen LogP) is 3.60. The quantitative estimate of drug-likeness (QED) is 0.210. The van der Waals surface area contributed by atoms with Gasteiger partial charge in [-0.15, -0.1) is 24.0 Å². The summed E-state index contributed by atoms with van der Waals surface area (Å²) in [4.78, 5) is 9.74. The largest absolute Gasteiger partial charge is 0.493 e. The second-order valence-corrected chi connectivity index (χ2v) is 8.12. The number of hydrogen-bond acceptors (Lipinski definition) is 5. The molecule has 7 nitrogen and oxygen atoms in total. The predicted molar refractivity (Wildman–Crippen MR) is 136 cm³/mol. The van der Waals surface area contributed by atoms with Crippen molar-refractivity contribution in [2.24, 2.45) is 10.9 Å². The van der Waals surface area contributed by atoms with Crippen LogP contribution in [0, 0.1) is 5.92 Å². The van der Waals surface area contributed by atoms with Crippen LogP contribution in [0.2, 0.25) is 0 Å². The van der Waals surface area contributed by atoms with E-state index in [4.69, 9.17) is 19.2 Å². The molecule has 1 heterocycles. The van der Waals surface area contributed by atoms with Crippen molar-refractivity contribution in [1.29, 1.82) is 0 Å². The number of hydrogen-bond donors (Lipinski definition) is 1. The van der Waals surface area contributed by atoms with Crippen molar-refractivity contribution < 1.29 is 14.2 Å². The van der Waals surface area contributed by atoms with Crippen LogP contribution < -0.4 is 19.5 Å². The Morgan fingerprint density at radius 1 is 1.03 bits per heavy atom. The van der Waals surface area contributed by atoms with Crippen LogP contribution in [0.4, 0.5) is 0 Å². The van der Waals surface area contributed by atoms with Gasteiger partial charge in [-0.05, 0) is 43.4 Å². The molecule has 0 radical (unpaired) electrons. The zero-order chi connectivity index (χ0) is 21.3. The van der Waals surface area contributed by atoms with Crippen LogP contribution in [0.25, 0.3) is 0 Å². The maximum absolute atomic E-state index is 5.49. The number of guanidine groups is 1. The molecule has 0 spiro atoms. The highest BCUT2D eigenvalue weighted by Gasteiger charge is 2.22. The monoisotopic (exact) mass is 546 g/mol. The van der Waals surface area contributed by atoms with Crippen molar-refractivity contribution in [3.05, 3.63) is 17.7 Å². The van der Waals surface area contributed by atoms with E-state index in [1.54, 1.807) is 21.3 Å². The third kappa shape index (κ3) is 7.59. The first-order chi connectivity index (χ1) is 14.7. The van der Waals surface area contributed by atoms with Crippen LogP contribution in [0.3, 0.4) is 0 Å². The van der Waals surface area contributed by atoms with E-state index < -0.39 is 0 Å². The molecule has 1 aromatic rings. The Bertz CT molecular complexity index is 679. The summed E-state index contributed by atoms with van der Waals surface area (Å²) < 4.78 is 16.4. The molecule has 2 fully saturated rings. The summed E-state index contributed by atoms with van der Waals surface area (Å²) in [6, 6.07) is 4.08. The van der Waals surface area contributed by atoms with Gasteiger partial charge in [0.05, 0.1) is 21.3 Å². The molecule has 1 saturated heterocycles. The summed E-state index contributed by atoms with van der Waals surface area (Å²) in [5.74, 6) is 4.11. The molecule has 1 aromatic carbocycles. The first kappa shape index (κ1) is 25.8. The summed E-state index contributed by atoms with van der Waals surface area (Å²) >= 11 is 0. The van der Waals surface area contributed by atoms with Crippen molar-refractivity contribution in [3.63, 3.8) is 0 Å². The van der Waals surface area contributed by atoms with Crippen LogP contribution in [-0.4, -0.2) is 76.4 Å². The maximum atomic E-state index is 5.49. The molecule has 1 aliphatic heterocycles. The van der Waals surface area contributed by atoms with E-state index in [9.17, 15) is 0 Å². The molecule has 1 aliphatic carbocycles. The van der Waals surface area contributed by atoms with Crippen molar-refractivity contribution in [1.82, 2.24) is 15.1 Å². The second kappa shape index (κ2) is 13.2. The highest BCUT2D eigenvalue weighted by atomic mass is 127. The van der Waals surface area contributed by atoms with Gasteiger partial charge in [0.1, 0.15) is 0 Å². The minimum absolute atomic E-state index is 0. The number of piperazine rings is 1. The topological polar surface area (TPSA) is 58.6 Å². The fourth-order valence-electron chi connectivity index (χ4n) is 4.00. The standard InChI is InChI=1S/C23H38N4O3.HI/c1-5-24-23(25-10-6-7-18-8-9-18)27-13-11-26(12-14-27)17-19-15-20(28-2)22(30-4)21(16-19)29-3;/h15-16,18H,5-14,17H2,1-4H3,(H,24,25);1H. The third-order valence-electron chi connectivity index (χ3n) is 5.87. The van der Waals surface area contributed by atoms with Crippen molar-refractivity contribution >= 4 is 29.9 Å². The van der Waals surface area contributed by atoms with Gasteiger partial charge in [0.25, 0.3) is 0 Å². The Morgan fingerprint density at radius 3 is 2.19 bits per heavy atom. The number of halogens is 1.